The lowest BCUT2D eigenvalue weighted by molar-refractivity contribution is 1.35. The fourth-order valence-corrected chi connectivity index (χ4v) is 1.77. The van der Waals surface area contributed by atoms with E-state index < -0.39 is 0 Å². The Morgan fingerprint density at radius 2 is 2.23 bits per heavy atom. The molecule has 1 aromatic carbocycles. The summed E-state index contributed by atoms with van der Waals surface area (Å²) in [4.78, 5) is 5.01. The Bertz CT molecular complexity index is 468. The molecule has 2 rings (SSSR count). The zero-order valence-electron chi connectivity index (χ0n) is 6.77. The summed E-state index contributed by atoms with van der Waals surface area (Å²) in [6, 6.07) is 7.79. The maximum absolute atomic E-state index is 8.58. The third-order valence-corrected chi connectivity index (χ3v) is 2.46. The molecule has 0 unspecified atom stereocenters. The molecule has 0 radical (unpaired) electrons. The molecule has 0 fully saturated rings. The van der Waals surface area contributed by atoms with Crippen molar-refractivity contribution >= 4 is 22.5 Å². The minimum absolute atomic E-state index is 0.988. The lowest BCUT2D eigenvalue weighted by atomic mass is 10.2. The Labute approximate surface area is 80.2 Å². The van der Waals surface area contributed by atoms with Gasteiger partial charge in [0.05, 0.1) is 0 Å². The summed E-state index contributed by atoms with van der Waals surface area (Å²) in [6.07, 6.45) is 3.54. The minimum Gasteiger partial charge on any atom is -0.264 e. The monoisotopic (exact) mass is 186 g/mol. The molecule has 0 saturated heterocycles. The fourth-order valence-electron chi connectivity index (χ4n) is 1.23. The van der Waals surface area contributed by atoms with Crippen molar-refractivity contribution in [3.63, 3.8) is 0 Å². The largest absolute Gasteiger partial charge is 0.264 e. The molecule has 0 bridgehead atoms. The van der Waals surface area contributed by atoms with Gasteiger partial charge in [-0.3, -0.25) is 4.98 Å². The van der Waals surface area contributed by atoms with Gasteiger partial charge in [-0.15, -0.1) is 0 Å². The van der Waals surface area contributed by atoms with E-state index in [-0.39, 0.29) is 0 Å². The van der Waals surface area contributed by atoms with Crippen molar-refractivity contribution in [2.24, 2.45) is 0 Å². The first-order chi connectivity index (χ1) is 6.42. The predicted octanol–water partition coefficient (Wildman–Crippen LogP) is 2.81. The van der Waals surface area contributed by atoms with Crippen LogP contribution in [0.15, 0.2) is 41.6 Å². The lowest BCUT2D eigenvalue weighted by Gasteiger charge is -1.99. The number of nitrogens with zero attached hydrogens (tertiary/aromatic N) is 2. The standard InChI is InChI=1S/C10H6N2S/c11-7-13-10-3-1-2-8-6-12-5-4-9(8)10/h1-6H. The molecule has 3 heteroatoms. The summed E-state index contributed by atoms with van der Waals surface area (Å²) in [6.45, 7) is 0. The Balaban J connectivity index is 2.70. The number of nitriles is 1. The molecule has 1 aromatic heterocycles. The molecule has 62 valence electrons. The molecule has 0 N–H and O–H groups in total. The van der Waals surface area contributed by atoms with Crippen LogP contribution in [0.1, 0.15) is 0 Å². The second kappa shape index (κ2) is 3.46. The Kier molecular flexibility index (Phi) is 2.15. The molecule has 0 aliphatic carbocycles. The molecule has 0 aliphatic heterocycles. The fraction of sp³-hybridized carbons (Fsp3) is 0. The van der Waals surface area contributed by atoms with Gasteiger partial charge in [-0.25, -0.2) is 0 Å². The van der Waals surface area contributed by atoms with Crippen molar-refractivity contribution in [1.29, 1.82) is 5.26 Å². The number of rotatable bonds is 1. The van der Waals surface area contributed by atoms with Gasteiger partial charge < -0.3 is 0 Å². The highest BCUT2D eigenvalue weighted by Crippen LogP contribution is 2.25. The Morgan fingerprint density at radius 3 is 3.08 bits per heavy atom. The van der Waals surface area contributed by atoms with E-state index in [1.165, 1.54) is 11.8 Å². The summed E-state index contributed by atoms with van der Waals surface area (Å²) in [5.74, 6) is 0. The van der Waals surface area contributed by atoms with Crippen LogP contribution in [0.5, 0.6) is 0 Å². The maximum atomic E-state index is 8.58. The van der Waals surface area contributed by atoms with Gasteiger partial charge in [0.15, 0.2) is 0 Å². The summed E-state index contributed by atoms with van der Waals surface area (Å²) >= 11 is 1.18. The van der Waals surface area contributed by atoms with Gasteiger partial charge in [-0.1, -0.05) is 12.1 Å². The van der Waals surface area contributed by atoms with E-state index in [9.17, 15) is 0 Å². The normalized spacial score (nSPS) is 9.77. The first-order valence-corrected chi connectivity index (χ1v) is 4.62. The van der Waals surface area contributed by atoms with Gasteiger partial charge in [-0.2, -0.15) is 5.26 Å². The summed E-state index contributed by atoms with van der Waals surface area (Å²) < 4.78 is 0. The molecule has 13 heavy (non-hydrogen) atoms. The molecule has 0 amide bonds. The predicted molar refractivity (Wildman–Crippen MR) is 53.2 cm³/mol. The van der Waals surface area contributed by atoms with E-state index in [1.54, 1.807) is 12.4 Å². The Hall–Kier alpha value is -1.53. The van der Waals surface area contributed by atoms with Crippen molar-refractivity contribution in [3.8, 4) is 5.40 Å². The van der Waals surface area contributed by atoms with Crippen LogP contribution in [0.4, 0.5) is 0 Å². The number of fused-ring (bicyclic) bond motifs is 1. The highest BCUT2D eigenvalue weighted by Gasteiger charge is 1.99. The molecule has 0 saturated carbocycles. The van der Waals surface area contributed by atoms with Crippen LogP contribution >= 0.6 is 11.8 Å². The number of hydrogen-bond donors (Lipinski definition) is 0. The van der Waals surface area contributed by atoms with Crippen LogP contribution in [0.3, 0.4) is 0 Å². The van der Waals surface area contributed by atoms with E-state index in [4.69, 9.17) is 5.26 Å². The molecule has 0 atom stereocenters. The van der Waals surface area contributed by atoms with Crippen molar-refractivity contribution < 1.29 is 0 Å². The van der Waals surface area contributed by atoms with Gasteiger partial charge in [0.25, 0.3) is 0 Å². The number of thioether (sulfide) groups is 1. The molecule has 2 aromatic rings. The van der Waals surface area contributed by atoms with E-state index in [1.807, 2.05) is 24.3 Å². The SMILES string of the molecule is N#CSc1cccc2cnccc12. The van der Waals surface area contributed by atoms with Crippen LogP contribution in [-0.4, -0.2) is 4.98 Å². The highest BCUT2D eigenvalue weighted by atomic mass is 32.2. The summed E-state index contributed by atoms with van der Waals surface area (Å²) in [5, 5.41) is 12.8. The second-order valence-corrected chi connectivity index (χ2v) is 3.37. The minimum atomic E-state index is 0.988. The topological polar surface area (TPSA) is 36.7 Å². The zero-order valence-corrected chi connectivity index (χ0v) is 7.58. The first kappa shape index (κ1) is 8.09. The number of pyridine rings is 1. The average Bonchev–Trinajstić information content (AvgIpc) is 2.19. The van der Waals surface area contributed by atoms with Gasteiger partial charge in [-0.05, 0) is 29.3 Å². The summed E-state index contributed by atoms with van der Waals surface area (Å²) in [7, 11) is 0. The highest BCUT2D eigenvalue weighted by molar-refractivity contribution is 8.04. The summed E-state index contributed by atoms with van der Waals surface area (Å²) in [5.41, 5.74) is 0. The smallest absolute Gasteiger partial charge is 0.138 e. The van der Waals surface area contributed by atoms with Gasteiger partial charge in [0.2, 0.25) is 0 Å². The van der Waals surface area contributed by atoms with E-state index >= 15 is 0 Å². The number of hydrogen-bond acceptors (Lipinski definition) is 3. The van der Waals surface area contributed by atoms with Crippen molar-refractivity contribution in [2.75, 3.05) is 0 Å². The van der Waals surface area contributed by atoms with Crippen LogP contribution in [-0.2, 0) is 0 Å². The van der Waals surface area contributed by atoms with E-state index in [0.717, 1.165) is 15.7 Å². The van der Waals surface area contributed by atoms with Crippen molar-refractivity contribution in [3.05, 3.63) is 36.7 Å². The van der Waals surface area contributed by atoms with Gasteiger partial charge in [0.1, 0.15) is 5.40 Å². The van der Waals surface area contributed by atoms with Crippen LogP contribution < -0.4 is 0 Å². The second-order valence-electron chi connectivity index (χ2n) is 2.55. The Morgan fingerprint density at radius 1 is 1.31 bits per heavy atom. The molecular formula is C10H6N2S. The third-order valence-electron chi connectivity index (χ3n) is 1.80. The van der Waals surface area contributed by atoms with Gasteiger partial charge >= 0.3 is 0 Å². The van der Waals surface area contributed by atoms with Crippen LogP contribution in [0.25, 0.3) is 10.8 Å². The van der Waals surface area contributed by atoms with Crippen LogP contribution in [0, 0.1) is 10.7 Å². The lowest BCUT2D eigenvalue weighted by Crippen LogP contribution is -1.77. The van der Waals surface area contributed by atoms with E-state index in [2.05, 4.69) is 10.4 Å². The molecular weight excluding hydrogens is 180 g/mol. The third kappa shape index (κ3) is 1.49. The maximum Gasteiger partial charge on any atom is 0.138 e. The first-order valence-electron chi connectivity index (χ1n) is 3.80. The average molecular weight is 186 g/mol. The molecule has 1 heterocycles. The number of aromatic nitrogens is 1. The zero-order chi connectivity index (χ0) is 9.10. The van der Waals surface area contributed by atoms with Crippen molar-refractivity contribution in [1.82, 2.24) is 4.98 Å². The quantitative estimate of drug-likeness (QED) is 0.507. The van der Waals surface area contributed by atoms with Gasteiger partial charge in [0, 0.05) is 22.7 Å². The number of benzene rings is 1. The van der Waals surface area contributed by atoms with Crippen molar-refractivity contribution in [2.45, 2.75) is 4.90 Å². The number of thiocyanates is 1. The molecule has 2 nitrogen and oxygen atoms in total. The molecule has 0 spiro atoms. The molecule has 0 aliphatic rings. The van der Waals surface area contributed by atoms with E-state index in [0.29, 0.717) is 0 Å². The van der Waals surface area contributed by atoms with Crippen LogP contribution in [0.2, 0.25) is 0 Å².